The molecule has 0 aromatic heterocycles. The van der Waals surface area contributed by atoms with Gasteiger partial charge in [-0.15, -0.1) is 0 Å². The zero-order valence-corrected chi connectivity index (χ0v) is 22.9. The summed E-state index contributed by atoms with van der Waals surface area (Å²) in [4.78, 5) is 12.5. The van der Waals surface area contributed by atoms with Gasteiger partial charge in [-0.05, 0) is 87.9 Å². The van der Waals surface area contributed by atoms with Gasteiger partial charge in [0.25, 0.3) is 0 Å². The highest BCUT2D eigenvalue weighted by atomic mass is 16.5. The maximum Gasteiger partial charge on any atom is 0.309 e. The van der Waals surface area contributed by atoms with Gasteiger partial charge in [0.1, 0.15) is 6.61 Å². The van der Waals surface area contributed by atoms with E-state index in [1.165, 1.54) is 7.11 Å². The normalized spacial score (nSPS) is 18.7. The smallest absolute Gasteiger partial charge is 0.309 e. The number of cyclic esters (lactones) is 1. The molecule has 2 aromatic carbocycles. The fourth-order valence-corrected chi connectivity index (χ4v) is 4.51. The molecule has 1 unspecified atom stereocenters. The van der Waals surface area contributed by atoms with Gasteiger partial charge >= 0.3 is 5.97 Å². The molecule has 0 spiro atoms. The lowest BCUT2D eigenvalue weighted by Gasteiger charge is -2.24. The second-order valence-electron chi connectivity index (χ2n) is 10.5. The number of phenols is 1. The van der Waals surface area contributed by atoms with Crippen LogP contribution in [-0.4, -0.2) is 60.4 Å². The topological polar surface area (TPSA) is 115 Å². The van der Waals surface area contributed by atoms with Gasteiger partial charge in [-0.3, -0.25) is 4.79 Å². The van der Waals surface area contributed by atoms with Gasteiger partial charge in [0.05, 0.1) is 38.4 Å². The number of carbonyl (C=O) groups excluding carboxylic acids is 1. The van der Waals surface area contributed by atoms with E-state index in [0.29, 0.717) is 56.1 Å². The molecular formula is C30H40O8. The molecule has 2 aromatic rings. The molecule has 208 valence electrons. The lowest BCUT2D eigenvalue weighted by atomic mass is 9.85. The van der Waals surface area contributed by atoms with Crippen molar-refractivity contribution in [3.05, 3.63) is 59.2 Å². The summed E-state index contributed by atoms with van der Waals surface area (Å²) >= 11 is 0. The zero-order valence-electron chi connectivity index (χ0n) is 22.9. The Morgan fingerprint density at radius 2 is 1.74 bits per heavy atom. The van der Waals surface area contributed by atoms with Crippen LogP contribution >= 0.6 is 0 Å². The van der Waals surface area contributed by atoms with Crippen LogP contribution in [0.3, 0.4) is 0 Å². The maximum absolute atomic E-state index is 12.5. The molecular weight excluding hydrogens is 488 g/mol. The number of phenolic OH excluding ortho intramolecular Hbond substituents is 1. The van der Waals surface area contributed by atoms with Crippen LogP contribution in [-0.2, 0) is 22.4 Å². The summed E-state index contributed by atoms with van der Waals surface area (Å²) in [5.41, 5.74) is 1.85. The zero-order chi connectivity index (χ0) is 27.9. The quantitative estimate of drug-likeness (QED) is 0.262. The fraction of sp³-hybridized carbons (Fsp3) is 0.500. The highest BCUT2D eigenvalue weighted by Crippen LogP contribution is 2.34. The van der Waals surface area contributed by atoms with Crippen molar-refractivity contribution in [2.45, 2.75) is 58.2 Å². The number of aliphatic hydroxyl groups excluding tert-OH is 1. The number of benzene rings is 2. The van der Waals surface area contributed by atoms with E-state index in [9.17, 15) is 20.1 Å². The Bertz CT molecular complexity index is 1120. The van der Waals surface area contributed by atoms with Crippen LogP contribution in [0.25, 0.3) is 0 Å². The minimum atomic E-state index is -1.12. The highest BCUT2D eigenvalue weighted by molar-refractivity contribution is 5.75. The first-order valence-corrected chi connectivity index (χ1v) is 12.9. The minimum absolute atomic E-state index is 0.00334. The van der Waals surface area contributed by atoms with Crippen molar-refractivity contribution in [1.82, 2.24) is 0 Å². The Kier molecular flexibility index (Phi) is 10.1. The number of hydrogen-bond acceptors (Lipinski definition) is 8. The van der Waals surface area contributed by atoms with Gasteiger partial charge < -0.3 is 34.3 Å². The van der Waals surface area contributed by atoms with Crippen molar-refractivity contribution < 1.29 is 39.1 Å². The van der Waals surface area contributed by atoms with Crippen LogP contribution in [0.5, 0.6) is 23.0 Å². The Hall–Kier alpha value is -3.23. The van der Waals surface area contributed by atoms with E-state index < -0.39 is 11.7 Å². The van der Waals surface area contributed by atoms with Crippen molar-refractivity contribution in [1.29, 1.82) is 0 Å². The number of hydrogen-bond donors (Lipinski definition) is 3. The maximum atomic E-state index is 12.5. The number of allylic oxidation sites excluding steroid dienone is 1. The number of aromatic hydroxyl groups is 1. The van der Waals surface area contributed by atoms with Gasteiger partial charge in [0.15, 0.2) is 23.0 Å². The van der Waals surface area contributed by atoms with Gasteiger partial charge in [-0.2, -0.15) is 0 Å². The SMILES string of the molecule is COc1cc(C[C@H]2C(=O)OC[C@@H]2Cc2ccc(OC/C=C(\C)CCC(O)C(C)(C)O)c(OC)c2)ccc1O. The molecule has 3 N–H and O–H groups in total. The summed E-state index contributed by atoms with van der Waals surface area (Å²) in [6.07, 6.45) is 3.43. The third kappa shape index (κ3) is 7.88. The molecule has 38 heavy (non-hydrogen) atoms. The molecule has 1 fully saturated rings. The molecule has 0 radical (unpaired) electrons. The summed E-state index contributed by atoms with van der Waals surface area (Å²) in [5, 5.41) is 29.7. The first-order valence-electron chi connectivity index (χ1n) is 12.9. The van der Waals surface area contributed by atoms with E-state index in [-0.39, 0.29) is 23.6 Å². The third-order valence-corrected chi connectivity index (χ3v) is 7.04. The number of rotatable bonds is 13. The van der Waals surface area contributed by atoms with Crippen LogP contribution in [0.2, 0.25) is 0 Å². The lowest BCUT2D eigenvalue weighted by Crippen LogP contribution is -2.35. The van der Waals surface area contributed by atoms with Crippen LogP contribution in [0, 0.1) is 11.8 Å². The van der Waals surface area contributed by atoms with Gasteiger partial charge in [0.2, 0.25) is 0 Å². The average molecular weight is 529 g/mol. The molecule has 0 aliphatic carbocycles. The molecule has 0 saturated carbocycles. The summed E-state index contributed by atoms with van der Waals surface area (Å²) in [6.45, 7) is 5.87. The molecule has 1 aliphatic heterocycles. The minimum Gasteiger partial charge on any atom is -0.504 e. The third-order valence-electron chi connectivity index (χ3n) is 7.04. The van der Waals surface area contributed by atoms with Crippen molar-refractivity contribution in [2.75, 3.05) is 27.4 Å². The van der Waals surface area contributed by atoms with Gasteiger partial charge in [-0.1, -0.05) is 17.7 Å². The van der Waals surface area contributed by atoms with Crippen molar-refractivity contribution in [2.24, 2.45) is 11.8 Å². The Balaban J connectivity index is 1.60. The predicted octanol–water partition coefficient (Wildman–Crippen LogP) is 4.22. The monoisotopic (exact) mass is 528 g/mol. The molecule has 1 saturated heterocycles. The summed E-state index contributed by atoms with van der Waals surface area (Å²) in [5.74, 6) is 1.15. The first kappa shape index (κ1) is 29.3. The van der Waals surface area contributed by atoms with E-state index in [1.807, 2.05) is 31.2 Å². The number of esters is 1. The molecule has 1 aliphatic rings. The average Bonchev–Trinajstić information content (AvgIpc) is 3.22. The van der Waals surface area contributed by atoms with E-state index in [0.717, 1.165) is 16.7 Å². The largest absolute Gasteiger partial charge is 0.504 e. The molecule has 3 rings (SSSR count). The molecule has 8 nitrogen and oxygen atoms in total. The second-order valence-corrected chi connectivity index (χ2v) is 10.5. The number of methoxy groups -OCH3 is 2. The van der Waals surface area contributed by atoms with E-state index in [4.69, 9.17) is 18.9 Å². The van der Waals surface area contributed by atoms with Crippen LogP contribution in [0.1, 0.15) is 44.7 Å². The van der Waals surface area contributed by atoms with Crippen molar-refractivity contribution in [3.63, 3.8) is 0 Å². The first-order chi connectivity index (χ1) is 18.0. The Labute approximate surface area is 224 Å². The summed E-state index contributed by atoms with van der Waals surface area (Å²) in [7, 11) is 3.09. The van der Waals surface area contributed by atoms with Crippen LogP contribution < -0.4 is 14.2 Å². The summed E-state index contributed by atoms with van der Waals surface area (Å²) in [6, 6.07) is 10.9. The fourth-order valence-electron chi connectivity index (χ4n) is 4.51. The lowest BCUT2D eigenvalue weighted by molar-refractivity contribution is -0.141. The van der Waals surface area contributed by atoms with Crippen molar-refractivity contribution >= 4 is 5.97 Å². The number of ether oxygens (including phenoxy) is 4. The Morgan fingerprint density at radius 3 is 2.42 bits per heavy atom. The predicted molar refractivity (Wildman–Crippen MR) is 144 cm³/mol. The van der Waals surface area contributed by atoms with Crippen LogP contribution in [0.4, 0.5) is 0 Å². The summed E-state index contributed by atoms with van der Waals surface area (Å²) < 4.78 is 22.1. The highest BCUT2D eigenvalue weighted by Gasteiger charge is 2.37. The number of carbonyl (C=O) groups is 1. The van der Waals surface area contributed by atoms with Crippen molar-refractivity contribution in [3.8, 4) is 23.0 Å². The molecule has 1 heterocycles. The number of aliphatic hydroxyl groups is 2. The van der Waals surface area contributed by atoms with E-state index in [2.05, 4.69) is 0 Å². The Morgan fingerprint density at radius 1 is 1.08 bits per heavy atom. The van der Waals surface area contributed by atoms with Crippen LogP contribution in [0.15, 0.2) is 48.0 Å². The second kappa shape index (κ2) is 13.0. The molecule has 8 heteroatoms. The van der Waals surface area contributed by atoms with Gasteiger partial charge in [0, 0.05) is 5.92 Å². The molecule has 0 bridgehead atoms. The molecule has 0 amide bonds. The van der Waals surface area contributed by atoms with E-state index >= 15 is 0 Å². The molecule has 3 atom stereocenters. The standard InChI is InChI=1S/C30H40O8/c1-19(6-11-28(32)30(2,3)34)12-13-37-25-10-8-20(17-27(25)36-5)14-22-18-38-29(33)23(22)15-21-7-9-24(31)26(16-21)35-4/h7-10,12,16-17,22-23,28,31-32,34H,6,11,13-15,18H2,1-5H3/b19-12+/t22-,23+,28?/m0/s1. The van der Waals surface area contributed by atoms with Gasteiger partial charge in [-0.25, -0.2) is 0 Å². The van der Waals surface area contributed by atoms with E-state index in [1.54, 1.807) is 39.2 Å².